The van der Waals surface area contributed by atoms with Gasteiger partial charge in [-0.2, -0.15) is 0 Å². The summed E-state index contributed by atoms with van der Waals surface area (Å²) in [5.74, 6) is 1.17. The van der Waals surface area contributed by atoms with Crippen LogP contribution in [0.5, 0.6) is 5.75 Å². The van der Waals surface area contributed by atoms with Gasteiger partial charge in [0.1, 0.15) is 12.4 Å². The number of carbonyl (C=O) groups excluding carboxylic acids is 1. The number of ether oxygens (including phenoxy) is 1. The number of para-hydroxylation sites is 2. The van der Waals surface area contributed by atoms with Crippen molar-refractivity contribution in [3.05, 3.63) is 65.3 Å². The highest BCUT2D eigenvalue weighted by Crippen LogP contribution is 2.31. The third kappa shape index (κ3) is 3.89. The number of ketones is 1. The lowest BCUT2D eigenvalue weighted by atomic mass is 9.84. The van der Waals surface area contributed by atoms with E-state index in [4.69, 9.17) is 16.3 Å². The summed E-state index contributed by atoms with van der Waals surface area (Å²) in [6.45, 7) is 1.17. The van der Waals surface area contributed by atoms with E-state index in [0.717, 1.165) is 29.3 Å². The Morgan fingerprint density at radius 3 is 2.59 bits per heavy atom. The zero-order chi connectivity index (χ0) is 18.6. The van der Waals surface area contributed by atoms with E-state index in [9.17, 15) is 4.79 Å². The lowest BCUT2D eigenvalue weighted by Crippen LogP contribution is -2.17. The Kier molecular flexibility index (Phi) is 5.49. The Bertz CT molecular complexity index is 940. The molecule has 1 fully saturated rings. The van der Waals surface area contributed by atoms with Crippen molar-refractivity contribution in [2.24, 2.45) is 5.92 Å². The molecule has 1 aliphatic carbocycles. The highest BCUT2D eigenvalue weighted by atomic mass is 35.5. The van der Waals surface area contributed by atoms with Gasteiger partial charge in [0.2, 0.25) is 0 Å². The van der Waals surface area contributed by atoms with Gasteiger partial charge in [-0.1, -0.05) is 61.2 Å². The number of aromatic nitrogens is 1. The molecule has 1 aliphatic rings. The lowest BCUT2D eigenvalue weighted by Gasteiger charge is -2.19. The molecular weight excluding hydrogens is 358 g/mol. The van der Waals surface area contributed by atoms with E-state index in [1.807, 2.05) is 42.6 Å². The third-order valence-electron chi connectivity index (χ3n) is 5.46. The molecule has 0 radical (unpaired) electrons. The molecule has 4 heteroatoms. The summed E-state index contributed by atoms with van der Waals surface area (Å²) in [5, 5.41) is 1.66. The van der Waals surface area contributed by atoms with Gasteiger partial charge in [-0.15, -0.1) is 0 Å². The van der Waals surface area contributed by atoms with Crippen molar-refractivity contribution < 1.29 is 9.53 Å². The van der Waals surface area contributed by atoms with Gasteiger partial charge in [-0.05, 0) is 31.0 Å². The van der Waals surface area contributed by atoms with Crippen molar-refractivity contribution in [3.8, 4) is 5.75 Å². The first-order valence-electron chi connectivity index (χ1n) is 9.73. The van der Waals surface area contributed by atoms with Gasteiger partial charge in [0.15, 0.2) is 5.78 Å². The average Bonchev–Trinajstić information content (AvgIpc) is 3.08. The molecule has 0 spiro atoms. The number of halogens is 1. The van der Waals surface area contributed by atoms with Crippen LogP contribution in [0.15, 0.2) is 54.7 Å². The molecule has 1 heterocycles. The summed E-state index contributed by atoms with van der Waals surface area (Å²) >= 11 is 6.16. The Morgan fingerprint density at radius 1 is 1.04 bits per heavy atom. The van der Waals surface area contributed by atoms with Crippen molar-refractivity contribution in [2.45, 2.75) is 38.6 Å². The highest BCUT2D eigenvalue weighted by Gasteiger charge is 2.25. The van der Waals surface area contributed by atoms with Gasteiger partial charge in [-0.25, -0.2) is 0 Å². The van der Waals surface area contributed by atoms with Crippen LogP contribution in [0.1, 0.15) is 42.5 Å². The van der Waals surface area contributed by atoms with Crippen molar-refractivity contribution in [1.29, 1.82) is 0 Å². The zero-order valence-corrected chi connectivity index (χ0v) is 16.1. The molecule has 0 bridgehead atoms. The molecule has 0 N–H and O–H groups in total. The largest absolute Gasteiger partial charge is 0.490 e. The van der Waals surface area contributed by atoms with Crippen LogP contribution in [-0.2, 0) is 6.54 Å². The van der Waals surface area contributed by atoms with Gasteiger partial charge in [0.05, 0.1) is 11.6 Å². The van der Waals surface area contributed by atoms with Crippen LogP contribution in [0.3, 0.4) is 0 Å². The fourth-order valence-corrected chi connectivity index (χ4v) is 4.22. The Balaban J connectivity index is 1.54. The minimum absolute atomic E-state index is 0.178. The number of carbonyl (C=O) groups is 1. The second-order valence-electron chi connectivity index (χ2n) is 7.23. The second kappa shape index (κ2) is 8.18. The number of hydrogen-bond acceptors (Lipinski definition) is 2. The predicted molar refractivity (Wildman–Crippen MR) is 110 cm³/mol. The number of nitrogens with zero attached hydrogens (tertiary/aromatic N) is 1. The summed E-state index contributed by atoms with van der Waals surface area (Å²) in [6.07, 6.45) is 7.64. The molecule has 1 aromatic heterocycles. The van der Waals surface area contributed by atoms with Crippen LogP contribution in [0.2, 0.25) is 5.02 Å². The zero-order valence-electron chi connectivity index (χ0n) is 15.4. The van der Waals surface area contributed by atoms with Crippen molar-refractivity contribution in [2.75, 3.05) is 6.61 Å². The molecule has 0 unspecified atom stereocenters. The van der Waals surface area contributed by atoms with Crippen LogP contribution in [-0.4, -0.2) is 17.0 Å². The highest BCUT2D eigenvalue weighted by molar-refractivity contribution is 6.32. The van der Waals surface area contributed by atoms with Crippen LogP contribution in [0.4, 0.5) is 0 Å². The summed E-state index contributed by atoms with van der Waals surface area (Å²) in [5.41, 5.74) is 1.94. The maximum Gasteiger partial charge on any atom is 0.168 e. The molecule has 3 nitrogen and oxygen atoms in total. The average molecular weight is 382 g/mol. The minimum Gasteiger partial charge on any atom is -0.490 e. The molecule has 4 rings (SSSR count). The number of benzene rings is 2. The molecule has 140 valence electrons. The molecule has 2 aromatic carbocycles. The molecule has 1 saturated carbocycles. The molecule has 27 heavy (non-hydrogen) atoms. The quantitative estimate of drug-likeness (QED) is 0.480. The third-order valence-corrected chi connectivity index (χ3v) is 5.77. The first kappa shape index (κ1) is 18.1. The van der Waals surface area contributed by atoms with E-state index >= 15 is 0 Å². The van der Waals surface area contributed by atoms with E-state index in [1.54, 1.807) is 0 Å². The number of hydrogen-bond donors (Lipinski definition) is 0. The van der Waals surface area contributed by atoms with Crippen LogP contribution >= 0.6 is 11.6 Å². The minimum atomic E-state index is 0.178. The van der Waals surface area contributed by atoms with E-state index in [0.29, 0.717) is 29.7 Å². The number of Topliss-reactive ketones (excluding diaryl/α,β-unsaturated/α-hetero) is 1. The predicted octanol–water partition coefficient (Wildman–Crippen LogP) is 6.14. The van der Waals surface area contributed by atoms with Crippen molar-refractivity contribution >= 4 is 28.3 Å². The van der Waals surface area contributed by atoms with Gasteiger partial charge in [0, 0.05) is 28.6 Å². The Hall–Kier alpha value is -2.26. The standard InChI is InChI=1S/C23H24ClNO2/c24-20-11-5-7-13-22(20)27-15-14-25-16-19(18-10-4-6-12-21(18)25)23(26)17-8-2-1-3-9-17/h4-7,10-13,16-17H,1-3,8-9,14-15H2. The van der Waals surface area contributed by atoms with Crippen LogP contribution in [0, 0.1) is 5.92 Å². The van der Waals surface area contributed by atoms with Crippen LogP contribution in [0.25, 0.3) is 10.9 Å². The molecule has 3 aromatic rings. The summed E-state index contributed by atoms with van der Waals surface area (Å²) in [6, 6.07) is 15.6. The summed E-state index contributed by atoms with van der Waals surface area (Å²) < 4.78 is 7.97. The SMILES string of the molecule is O=C(c1cn(CCOc2ccccc2Cl)c2ccccc12)C1CCCCC1. The molecule has 0 saturated heterocycles. The van der Waals surface area contributed by atoms with Crippen molar-refractivity contribution in [1.82, 2.24) is 4.57 Å². The van der Waals surface area contributed by atoms with E-state index in [1.165, 1.54) is 19.3 Å². The normalized spacial score (nSPS) is 15.1. The Morgan fingerprint density at radius 2 is 1.78 bits per heavy atom. The van der Waals surface area contributed by atoms with Gasteiger partial charge in [0.25, 0.3) is 0 Å². The topological polar surface area (TPSA) is 31.2 Å². The van der Waals surface area contributed by atoms with E-state index in [2.05, 4.69) is 16.7 Å². The number of rotatable bonds is 6. The number of fused-ring (bicyclic) bond motifs is 1. The van der Waals surface area contributed by atoms with Gasteiger partial charge >= 0.3 is 0 Å². The van der Waals surface area contributed by atoms with Gasteiger partial charge < -0.3 is 9.30 Å². The molecule has 0 aliphatic heterocycles. The maximum absolute atomic E-state index is 13.1. The maximum atomic E-state index is 13.1. The Labute approximate surface area is 164 Å². The summed E-state index contributed by atoms with van der Waals surface area (Å²) in [7, 11) is 0. The fourth-order valence-electron chi connectivity index (χ4n) is 4.03. The van der Waals surface area contributed by atoms with Crippen LogP contribution < -0.4 is 4.74 Å². The van der Waals surface area contributed by atoms with E-state index < -0.39 is 0 Å². The lowest BCUT2D eigenvalue weighted by molar-refractivity contribution is 0.0891. The molecule has 0 amide bonds. The summed E-state index contributed by atoms with van der Waals surface area (Å²) in [4.78, 5) is 13.1. The van der Waals surface area contributed by atoms with Crippen molar-refractivity contribution in [3.63, 3.8) is 0 Å². The molecular formula is C23H24ClNO2. The van der Waals surface area contributed by atoms with E-state index in [-0.39, 0.29) is 5.92 Å². The first-order valence-corrected chi connectivity index (χ1v) is 10.1. The first-order chi connectivity index (χ1) is 13.2. The monoisotopic (exact) mass is 381 g/mol. The fraction of sp³-hybridized carbons (Fsp3) is 0.348. The van der Waals surface area contributed by atoms with Gasteiger partial charge in [-0.3, -0.25) is 4.79 Å². The smallest absolute Gasteiger partial charge is 0.168 e. The second-order valence-corrected chi connectivity index (χ2v) is 7.64. The molecule has 0 atom stereocenters.